The molecule has 15 heteroatoms. The molecule has 4 N–H and O–H groups in total. The molecule has 0 saturated carbocycles. The molecule has 1 unspecified atom stereocenters. The minimum absolute atomic E-state index is 0.0770. The van der Waals surface area contributed by atoms with E-state index in [4.69, 9.17) is 51.0 Å². The maximum Gasteiger partial charge on any atom is 0.338 e. The molecular weight excluding hydrogens is 586 g/mol. The molecule has 1 amide bonds. The van der Waals surface area contributed by atoms with Crippen molar-refractivity contribution in [2.75, 3.05) is 10.0 Å². The molecule has 3 rings (SSSR count). The Kier molecular flexibility index (Phi) is 8.32. The lowest BCUT2D eigenvalue weighted by Gasteiger charge is -2.14. The van der Waals surface area contributed by atoms with Crippen LogP contribution < -0.4 is 10.0 Å². The highest BCUT2D eigenvalue weighted by molar-refractivity contribution is 7.91. The highest BCUT2D eigenvalue weighted by Crippen LogP contribution is 2.41. The van der Waals surface area contributed by atoms with Gasteiger partial charge in [0.2, 0.25) is 9.84 Å². The van der Waals surface area contributed by atoms with Crippen LogP contribution in [-0.2, 0) is 21.1 Å². The average Bonchev–Trinajstić information content (AvgIpc) is 2.79. The van der Waals surface area contributed by atoms with Crippen LogP contribution in [0, 0.1) is 0 Å². The number of carbonyl (C=O) groups is 2. The lowest BCUT2D eigenvalue weighted by atomic mass is 10.1. The summed E-state index contributed by atoms with van der Waals surface area (Å²) in [7, 11) is -3.95. The van der Waals surface area contributed by atoms with Crippen molar-refractivity contribution in [1.82, 2.24) is 0 Å². The number of sulfone groups is 1. The van der Waals surface area contributed by atoms with E-state index in [0.29, 0.717) is 0 Å². The summed E-state index contributed by atoms with van der Waals surface area (Å²) in [6, 6.07) is 10.2. The molecule has 0 aliphatic carbocycles. The van der Waals surface area contributed by atoms with Crippen molar-refractivity contribution in [3.63, 3.8) is 0 Å². The van der Waals surface area contributed by atoms with Gasteiger partial charge >= 0.3 is 5.97 Å². The fourth-order valence-corrected chi connectivity index (χ4v) is 5.51. The number of carboxylic acid groups (broad SMARTS) is 1. The van der Waals surface area contributed by atoms with Crippen molar-refractivity contribution < 1.29 is 31.9 Å². The van der Waals surface area contributed by atoms with E-state index >= 15 is 0 Å². The highest BCUT2D eigenvalue weighted by Gasteiger charge is 2.29. The monoisotopic (exact) mass is 596 g/mol. The van der Waals surface area contributed by atoms with Gasteiger partial charge in [-0.1, -0.05) is 46.4 Å². The summed E-state index contributed by atoms with van der Waals surface area (Å²) >= 11 is 21.5. The molecule has 0 heterocycles. The van der Waals surface area contributed by atoms with Crippen LogP contribution in [0.4, 0.5) is 11.4 Å². The number of anilines is 2. The Hall–Kier alpha value is -2.38. The van der Waals surface area contributed by atoms with E-state index < -0.39 is 54.2 Å². The molecule has 0 aromatic heterocycles. The van der Waals surface area contributed by atoms with E-state index in [2.05, 4.69) is 10.0 Å². The number of hydrogen-bond donors (Lipinski definition) is 4. The Morgan fingerprint density at radius 3 is 1.60 bits per heavy atom. The van der Waals surface area contributed by atoms with Crippen molar-refractivity contribution in [3.05, 3.63) is 79.7 Å². The van der Waals surface area contributed by atoms with Crippen molar-refractivity contribution in [2.24, 2.45) is 0 Å². The zero-order valence-corrected chi connectivity index (χ0v) is 21.5. The van der Waals surface area contributed by atoms with Gasteiger partial charge in [-0.15, -0.1) is 0 Å². The summed E-state index contributed by atoms with van der Waals surface area (Å²) in [5.41, 5.74) is -0.809. The van der Waals surface area contributed by atoms with Gasteiger partial charge in [0.25, 0.3) is 17.2 Å². The molecule has 0 fully saturated rings. The predicted molar refractivity (Wildman–Crippen MR) is 134 cm³/mol. The predicted octanol–water partition coefficient (Wildman–Crippen LogP) is 5.63. The molecule has 0 aliphatic rings. The molecule has 0 saturated heterocycles. The normalized spacial score (nSPS) is 12.1. The smallest absolute Gasteiger partial charge is 0.338 e. The second-order valence-electron chi connectivity index (χ2n) is 6.67. The van der Waals surface area contributed by atoms with Crippen LogP contribution in [0.25, 0.3) is 0 Å². The molecule has 3 aromatic rings. The van der Waals surface area contributed by atoms with Crippen LogP contribution in [0.3, 0.4) is 0 Å². The third-order valence-corrected chi connectivity index (χ3v) is 8.50. The molecular formula is C20H12Cl4N2O7S2. The summed E-state index contributed by atoms with van der Waals surface area (Å²) in [6.45, 7) is 0. The number of carbonyl (C=O) groups excluding carboxylic acids is 1. The van der Waals surface area contributed by atoms with Crippen LogP contribution in [-0.4, -0.2) is 34.2 Å². The van der Waals surface area contributed by atoms with Crippen molar-refractivity contribution >= 4 is 90.8 Å². The highest BCUT2D eigenvalue weighted by atomic mass is 35.5. The van der Waals surface area contributed by atoms with Gasteiger partial charge in [0, 0.05) is 11.4 Å². The molecule has 0 spiro atoms. The maximum atomic E-state index is 12.9. The van der Waals surface area contributed by atoms with E-state index in [1.165, 1.54) is 48.5 Å². The molecule has 0 aliphatic heterocycles. The number of halogens is 4. The van der Waals surface area contributed by atoms with Crippen molar-refractivity contribution in [2.45, 2.75) is 9.79 Å². The largest absolute Gasteiger partial charge is 0.478 e. The van der Waals surface area contributed by atoms with Crippen LogP contribution in [0.1, 0.15) is 20.7 Å². The van der Waals surface area contributed by atoms with Crippen LogP contribution >= 0.6 is 46.4 Å². The van der Waals surface area contributed by atoms with Crippen molar-refractivity contribution in [1.29, 1.82) is 0 Å². The van der Waals surface area contributed by atoms with Gasteiger partial charge in [-0.3, -0.25) is 14.1 Å². The Morgan fingerprint density at radius 1 is 0.743 bits per heavy atom. The first-order chi connectivity index (χ1) is 16.3. The zero-order valence-electron chi connectivity index (χ0n) is 16.9. The number of nitrogens with one attached hydrogen (secondary N) is 2. The molecule has 3 aromatic carbocycles. The summed E-state index contributed by atoms with van der Waals surface area (Å²) in [6.07, 6.45) is 0. The molecule has 184 valence electrons. The summed E-state index contributed by atoms with van der Waals surface area (Å²) in [5, 5.41) is 10.4. The third kappa shape index (κ3) is 5.72. The Labute approximate surface area is 221 Å². The van der Waals surface area contributed by atoms with E-state index in [1.54, 1.807) is 0 Å². The van der Waals surface area contributed by atoms with Gasteiger partial charge in [0.15, 0.2) is 0 Å². The number of carboxylic acids is 1. The minimum Gasteiger partial charge on any atom is -0.478 e. The first kappa shape index (κ1) is 27.2. The van der Waals surface area contributed by atoms with Crippen molar-refractivity contribution in [3.8, 4) is 0 Å². The molecule has 35 heavy (non-hydrogen) atoms. The summed E-state index contributed by atoms with van der Waals surface area (Å²) < 4.78 is 47.5. The van der Waals surface area contributed by atoms with E-state index in [0.717, 1.165) is 0 Å². The first-order valence-corrected chi connectivity index (χ1v) is 13.2. The molecule has 0 bridgehead atoms. The Balaban J connectivity index is 1.89. The quantitative estimate of drug-likeness (QED) is 0.156. The SMILES string of the molecule is O=C(O)c1c(Cl)c(Cl)c(Cl)c(Cl)c1C(=O)Nc1ccc(S(=O)(=O)c2ccc(NS(=O)O)cc2)cc1. The molecule has 9 nitrogen and oxygen atoms in total. The average molecular weight is 598 g/mol. The topological polar surface area (TPSA) is 150 Å². The van der Waals surface area contributed by atoms with Crippen LogP contribution in [0.5, 0.6) is 0 Å². The summed E-state index contributed by atoms with van der Waals surface area (Å²) in [4.78, 5) is 24.3. The van der Waals surface area contributed by atoms with Gasteiger partial charge in [0.1, 0.15) is 0 Å². The fourth-order valence-electron chi connectivity index (χ4n) is 2.90. The number of amides is 1. The number of aromatic carboxylic acids is 1. The molecule has 0 radical (unpaired) electrons. The summed E-state index contributed by atoms with van der Waals surface area (Å²) in [5.74, 6) is -2.53. The second-order valence-corrected chi connectivity index (χ2v) is 10.8. The van der Waals surface area contributed by atoms with Gasteiger partial charge in [-0.2, -0.15) is 0 Å². The zero-order chi connectivity index (χ0) is 26.1. The van der Waals surface area contributed by atoms with Gasteiger partial charge in [-0.25, -0.2) is 17.4 Å². The van der Waals surface area contributed by atoms with E-state index in [9.17, 15) is 27.3 Å². The first-order valence-electron chi connectivity index (χ1n) is 9.08. The third-order valence-electron chi connectivity index (χ3n) is 4.50. The fraction of sp³-hybridized carbons (Fsp3) is 0. The lowest BCUT2D eigenvalue weighted by molar-refractivity contribution is 0.0692. The van der Waals surface area contributed by atoms with E-state index in [1.807, 2.05) is 0 Å². The van der Waals surface area contributed by atoms with Crippen LogP contribution in [0.15, 0.2) is 58.3 Å². The number of hydrogen-bond acceptors (Lipinski definition) is 5. The standard InChI is InChI=1S/C20H12Cl4N2O7S2/c21-15-13(14(20(28)29)16(22)18(24)17(15)23)19(27)25-9-1-5-11(6-2-9)35(32,33)12-7-3-10(4-8-12)26-34(30)31/h1-8,26H,(H,25,27)(H,28,29)(H,30,31). The van der Waals surface area contributed by atoms with Gasteiger partial charge < -0.3 is 10.4 Å². The van der Waals surface area contributed by atoms with Gasteiger partial charge in [0.05, 0.1) is 41.0 Å². The maximum absolute atomic E-state index is 12.9. The van der Waals surface area contributed by atoms with E-state index in [-0.39, 0.29) is 31.2 Å². The lowest BCUT2D eigenvalue weighted by Crippen LogP contribution is -2.18. The van der Waals surface area contributed by atoms with Crippen LogP contribution in [0.2, 0.25) is 20.1 Å². The Morgan fingerprint density at radius 2 is 1.17 bits per heavy atom. The van der Waals surface area contributed by atoms with Gasteiger partial charge in [-0.05, 0) is 48.5 Å². The Bertz CT molecular complexity index is 1460. The number of rotatable bonds is 7. The second kappa shape index (κ2) is 10.7. The minimum atomic E-state index is -3.95. The molecule has 1 atom stereocenters. The number of benzene rings is 3.